The standard InChI is InChI=1S/C30H54F3N5O/c1-19(2)23-7-5-6-8-24(23)28-34-16-25-27(36-28)22(17-38(25)13-14-39-4)15-20-9-11-21(12-10-20)29-35-26(18-37(29)3)30(31,32)33/h19-29,34-36H,5-18H2,1-4H3. The highest BCUT2D eigenvalue weighted by atomic mass is 19.4. The maximum atomic E-state index is 13.3. The van der Waals surface area contributed by atoms with Crippen LogP contribution in [0.2, 0.25) is 0 Å². The molecule has 2 saturated carbocycles. The molecular weight excluding hydrogens is 503 g/mol. The molecule has 0 aromatic carbocycles. The number of likely N-dealkylation sites (N-methyl/N-ethyl adjacent to an activating group) is 1. The van der Waals surface area contributed by atoms with Gasteiger partial charge in [-0.15, -0.1) is 0 Å². The number of methoxy groups -OCH3 is 1. The third-order valence-electron chi connectivity index (χ3n) is 11.2. The van der Waals surface area contributed by atoms with Crippen LogP contribution in [0.5, 0.6) is 0 Å². The van der Waals surface area contributed by atoms with Crippen molar-refractivity contribution in [3.8, 4) is 0 Å². The van der Waals surface area contributed by atoms with Crippen molar-refractivity contribution in [2.24, 2.45) is 35.5 Å². The van der Waals surface area contributed by atoms with E-state index in [0.717, 1.165) is 63.8 Å². The van der Waals surface area contributed by atoms with E-state index in [0.29, 0.717) is 41.9 Å². The summed E-state index contributed by atoms with van der Waals surface area (Å²) < 4.78 is 45.4. The number of nitrogens with zero attached hydrogens (tertiary/aromatic N) is 2. The first-order valence-electron chi connectivity index (χ1n) is 15.9. The summed E-state index contributed by atoms with van der Waals surface area (Å²) in [6, 6.07) is -0.373. The van der Waals surface area contributed by atoms with Crippen LogP contribution in [0, 0.1) is 35.5 Å². The molecule has 8 atom stereocenters. The third-order valence-corrected chi connectivity index (χ3v) is 11.2. The van der Waals surface area contributed by atoms with Gasteiger partial charge < -0.3 is 10.1 Å². The molecular formula is C30H54F3N5O. The number of nitrogens with one attached hydrogen (secondary N) is 3. The van der Waals surface area contributed by atoms with Gasteiger partial charge in [-0.05, 0) is 74.7 Å². The minimum absolute atomic E-state index is 0.0656. The summed E-state index contributed by atoms with van der Waals surface area (Å²) in [5.41, 5.74) is 0. The van der Waals surface area contributed by atoms with Crippen LogP contribution >= 0.6 is 0 Å². The lowest BCUT2D eigenvalue weighted by Gasteiger charge is -2.46. The van der Waals surface area contributed by atoms with Gasteiger partial charge in [0.15, 0.2) is 0 Å². The van der Waals surface area contributed by atoms with Gasteiger partial charge >= 0.3 is 6.18 Å². The molecule has 39 heavy (non-hydrogen) atoms. The molecule has 0 aromatic heterocycles. The summed E-state index contributed by atoms with van der Waals surface area (Å²) in [5.74, 6) is 3.84. The van der Waals surface area contributed by atoms with Crippen molar-refractivity contribution < 1.29 is 17.9 Å². The fourth-order valence-corrected chi connectivity index (χ4v) is 9.15. The van der Waals surface area contributed by atoms with Gasteiger partial charge in [-0.3, -0.25) is 20.4 Å². The van der Waals surface area contributed by atoms with E-state index in [4.69, 9.17) is 4.74 Å². The van der Waals surface area contributed by atoms with Gasteiger partial charge in [-0.25, -0.2) is 0 Å². The average Bonchev–Trinajstić information content (AvgIpc) is 3.48. The maximum absolute atomic E-state index is 13.3. The van der Waals surface area contributed by atoms with Gasteiger partial charge in [0, 0.05) is 45.4 Å². The summed E-state index contributed by atoms with van der Waals surface area (Å²) in [6.07, 6.45) is 7.07. The first kappa shape index (κ1) is 30.0. The van der Waals surface area contributed by atoms with Crippen LogP contribution in [-0.2, 0) is 4.74 Å². The van der Waals surface area contributed by atoms with E-state index >= 15 is 0 Å². The molecule has 9 heteroatoms. The molecule has 0 aromatic rings. The van der Waals surface area contributed by atoms with Gasteiger partial charge in [0.05, 0.1) is 18.9 Å². The zero-order valence-corrected chi connectivity index (χ0v) is 24.7. The molecule has 3 N–H and O–H groups in total. The summed E-state index contributed by atoms with van der Waals surface area (Å²) in [5, 5.41) is 11.0. The highest BCUT2D eigenvalue weighted by molar-refractivity contribution is 5.05. The fourth-order valence-electron chi connectivity index (χ4n) is 9.15. The van der Waals surface area contributed by atoms with Gasteiger partial charge in [0.25, 0.3) is 0 Å². The lowest BCUT2D eigenvalue weighted by molar-refractivity contribution is -0.150. The topological polar surface area (TPSA) is 51.8 Å². The van der Waals surface area contributed by atoms with Crippen molar-refractivity contribution in [2.75, 3.05) is 46.9 Å². The second-order valence-corrected chi connectivity index (χ2v) is 13.9. The minimum atomic E-state index is -4.17. The number of hydrogen-bond acceptors (Lipinski definition) is 6. The molecule has 0 bridgehead atoms. The lowest BCUT2D eigenvalue weighted by atomic mass is 9.71. The Bertz CT molecular complexity index is 776. The third kappa shape index (κ3) is 6.80. The molecule has 0 spiro atoms. The summed E-state index contributed by atoms with van der Waals surface area (Å²) in [7, 11) is 3.64. The van der Waals surface area contributed by atoms with Crippen molar-refractivity contribution in [1.29, 1.82) is 0 Å². The molecule has 8 unspecified atom stereocenters. The summed E-state index contributed by atoms with van der Waals surface area (Å²) in [6.45, 7) is 8.79. The Hall–Kier alpha value is -0.450. The zero-order valence-electron chi connectivity index (χ0n) is 24.7. The van der Waals surface area contributed by atoms with Crippen LogP contribution in [-0.4, -0.2) is 93.4 Å². The van der Waals surface area contributed by atoms with Crippen molar-refractivity contribution >= 4 is 0 Å². The Balaban J connectivity index is 1.19. The summed E-state index contributed by atoms with van der Waals surface area (Å²) in [4.78, 5) is 4.54. The van der Waals surface area contributed by atoms with Crippen LogP contribution in [0.4, 0.5) is 13.2 Å². The van der Waals surface area contributed by atoms with Gasteiger partial charge in [0.2, 0.25) is 0 Å². The van der Waals surface area contributed by atoms with E-state index in [1.54, 1.807) is 7.11 Å². The Morgan fingerprint density at radius 1 is 0.974 bits per heavy atom. The highest BCUT2D eigenvalue weighted by Gasteiger charge is 2.50. The second kappa shape index (κ2) is 12.8. The fraction of sp³-hybridized carbons (Fsp3) is 1.00. The van der Waals surface area contributed by atoms with Crippen molar-refractivity contribution in [3.05, 3.63) is 0 Å². The van der Waals surface area contributed by atoms with E-state index in [1.165, 1.54) is 32.1 Å². The van der Waals surface area contributed by atoms with Gasteiger partial charge in [0.1, 0.15) is 6.04 Å². The van der Waals surface area contributed by atoms with Crippen molar-refractivity contribution in [3.63, 3.8) is 0 Å². The van der Waals surface area contributed by atoms with Gasteiger partial charge in [-0.2, -0.15) is 13.2 Å². The molecule has 5 rings (SSSR count). The van der Waals surface area contributed by atoms with E-state index in [1.807, 2.05) is 11.9 Å². The molecule has 2 aliphatic carbocycles. The molecule has 6 nitrogen and oxygen atoms in total. The Labute approximate surface area is 234 Å². The lowest BCUT2D eigenvalue weighted by Crippen LogP contribution is -2.66. The number of alkyl halides is 3. The number of likely N-dealkylation sites (tertiary alicyclic amines) is 1. The Kier molecular flexibility index (Phi) is 9.87. The second-order valence-electron chi connectivity index (χ2n) is 13.9. The zero-order chi connectivity index (χ0) is 27.7. The smallest absolute Gasteiger partial charge is 0.383 e. The van der Waals surface area contributed by atoms with E-state index in [-0.39, 0.29) is 12.7 Å². The van der Waals surface area contributed by atoms with E-state index in [9.17, 15) is 13.2 Å². The van der Waals surface area contributed by atoms with Crippen molar-refractivity contribution in [2.45, 2.75) is 108 Å². The molecule has 226 valence electrons. The maximum Gasteiger partial charge on any atom is 0.405 e. The number of hydrogen-bond donors (Lipinski definition) is 3. The molecule has 3 heterocycles. The SMILES string of the molecule is COCCN1CC(CC2CCC(C3NC(C(F)(F)F)CN3C)CC2)C2NC(C3CCCCC3C(C)C)NCC21. The number of halogens is 3. The highest BCUT2D eigenvalue weighted by Crippen LogP contribution is 2.42. The predicted octanol–water partition coefficient (Wildman–Crippen LogP) is 4.27. The largest absolute Gasteiger partial charge is 0.405 e. The monoisotopic (exact) mass is 557 g/mol. The van der Waals surface area contributed by atoms with Crippen molar-refractivity contribution in [1.82, 2.24) is 25.8 Å². The number of fused-ring (bicyclic) bond motifs is 1. The number of ether oxygens (including phenoxy) is 1. The molecule has 3 aliphatic heterocycles. The first-order valence-corrected chi connectivity index (χ1v) is 15.9. The number of rotatable bonds is 8. The van der Waals surface area contributed by atoms with Crippen LogP contribution in [0.1, 0.15) is 71.6 Å². The molecule has 0 amide bonds. The summed E-state index contributed by atoms with van der Waals surface area (Å²) >= 11 is 0. The van der Waals surface area contributed by atoms with Crippen LogP contribution < -0.4 is 16.0 Å². The van der Waals surface area contributed by atoms with E-state index in [2.05, 4.69) is 34.7 Å². The normalized spacial score (nSPS) is 42.8. The Morgan fingerprint density at radius 2 is 1.72 bits per heavy atom. The molecule has 5 aliphatic rings. The molecule has 3 saturated heterocycles. The predicted molar refractivity (Wildman–Crippen MR) is 149 cm³/mol. The molecule has 5 fully saturated rings. The van der Waals surface area contributed by atoms with Gasteiger partial charge in [-0.1, -0.05) is 39.5 Å². The van der Waals surface area contributed by atoms with Crippen LogP contribution in [0.15, 0.2) is 0 Å². The first-order chi connectivity index (χ1) is 18.7. The van der Waals surface area contributed by atoms with E-state index < -0.39 is 12.2 Å². The quantitative estimate of drug-likeness (QED) is 0.415. The molecule has 0 radical (unpaired) electrons. The van der Waals surface area contributed by atoms with Crippen LogP contribution in [0.25, 0.3) is 0 Å². The minimum Gasteiger partial charge on any atom is -0.383 e. The van der Waals surface area contributed by atoms with Crippen LogP contribution in [0.3, 0.4) is 0 Å². The Morgan fingerprint density at radius 3 is 2.38 bits per heavy atom. The average molecular weight is 558 g/mol.